The third kappa shape index (κ3) is 2.43. The summed E-state index contributed by atoms with van der Waals surface area (Å²) in [5.74, 6) is -2.33. The number of carboxylic acids is 1. The number of aliphatic carboxylic acids is 1. The summed E-state index contributed by atoms with van der Waals surface area (Å²) < 4.78 is 30.2. The number of hydrogen-bond donors (Lipinski definition) is 3. The van der Waals surface area contributed by atoms with Gasteiger partial charge in [0.1, 0.15) is 0 Å². The van der Waals surface area contributed by atoms with Gasteiger partial charge in [-0.2, -0.15) is 8.42 Å². The molecular weight excluding hydrogens is 212 g/mol. The van der Waals surface area contributed by atoms with Crippen molar-refractivity contribution in [2.75, 3.05) is 0 Å². The van der Waals surface area contributed by atoms with Crippen molar-refractivity contribution in [3.63, 3.8) is 0 Å². The van der Waals surface area contributed by atoms with Gasteiger partial charge in [-0.3, -0.25) is 9.35 Å². The van der Waals surface area contributed by atoms with Crippen LogP contribution in [0.3, 0.4) is 0 Å². The Labute approximate surface area is 81.3 Å². The van der Waals surface area contributed by atoms with Gasteiger partial charge in [-0.1, -0.05) is 0 Å². The maximum absolute atomic E-state index is 10.7. The van der Waals surface area contributed by atoms with E-state index in [2.05, 4.69) is 0 Å². The number of rotatable bonds is 2. The van der Waals surface area contributed by atoms with Crippen molar-refractivity contribution < 1.29 is 28.0 Å². The van der Waals surface area contributed by atoms with Crippen LogP contribution in [0.5, 0.6) is 0 Å². The Morgan fingerprint density at radius 3 is 2.29 bits per heavy atom. The Bertz CT molecular complexity index is 321. The van der Waals surface area contributed by atoms with Crippen molar-refractivity contribution in [3.8, 4) is 0 Å². The molecule has 3 atom stereocenters. The molecule has 0 aromatic carbocycles. The van der Waals surface area contributed by atoms with E-state index >= 15 is 0 Å². The molecule has 3 N–H and O–H groups in total. The minimum Gasteiger partial charge on any atom is -0.481 e. The first kappa shape index (κ1) is 11.4. The van der Waals surface area contributed by atoms with Crippen LogP contribution < -0.4 is 0 Å². The largest absolute Gasteiger partial charge is 0.481 e. The number of carbonyl (C=O) groups is 1. The minimum absolute atomic E-state index is 0.0847. The number of hydrogen-bond acceptors (Lipinski definition) is 4. The van der Waals surface area contributed by atoms with Crippen molar-refractivity contribution in [2.24, 2.45) is 5.92 Å². The highest BCUT2D eigenvalue weighted by molar-refractivity contribution is 7.86. The molecule has 0 heterocycles. The zero-order valence-electron chi connectivity index (χ0n) is 7.33. The molecular formula is C7H12O6S. The third-order valence-electron chi connectivity index (χ3n) is 2.50. The lowest BCUT2D eigenvalue weighted by atomic mass is 9.86. The van der Waals surface area contributed by atoms with Crippen molar-refractivity contribution >= 4 is 16.1 Å². The van der Waals surface area contributed by atoms with Gasteiger partial charge in [0.2, 0.25) is 0 Å². The maximum atomic E-state index is 10.7. The van der Waals surface area contributed by atoms with Crippen LogP contribution in [-0.4, -0.2) is 40.5 Å². The summed E-state index contributed by atoms with van der Waals surface area (Å²) >= 11 is 0. The fourth-order valence-electron chi connectivity index (χ4n) is 1.65. The highest BCUT2D eigenvalue weighted by Crippen LogP contribution is 2.28. The smallest absolute Gasteiger partial charge is 0.309 e. The zero-order chi connectivity index (χ0) is 10.9. The molecule has 0 aromatic rings. The highest BCUT2D eigenvalue weighted by Gasteiger charge is 2.38. The van der Waals surface area contributed by atoms with Gasteiger partial charge in [-0.05, 0) is 19.3 Å². The van der Waals surface area contributed by atoms with Crippen LogP contribution in [0.4, 0.5) is 0 Å². The van der Waals surface area contributed by atoms with E-state index in [1.54, 1.807) is 0 Å². The molecule has 1 fully saturated rings. The van der Waals surface area contributed by atoms with E-state index in [9.17, 15) is 18.3 Å². The van der Waals surface area contributed by atoms with Gasteiger partial charge in [0.25, 0.3) is 10.1 Å². The normalized spacial score (nSPS) is 34.0. The molecule has 1 saturated carbocycles. The first-order valence-corrected chi connectivity index (χ1v) is 5.70. The molecule has 0 bridgehead atoms. The van der Waals surface area contributed by atoms with Gasteiger partial charge < -0.3 is 10.2 Å². The lowest BCUT2D eigenvalue weighted by Gasteiger charge is -2.28. The first-order chi connectivity index (χ1) is 6.32. The standard InChI is InChI=1S/C7H12O6S/c8-6-2-1-4(14(11,12)13)3-5(6)7(9)10/h4-6,8H,1-3H2,(H,9,10)(H,11,12,13). The fraction of sp³-hybridized carbons (Fsp3) is 0.857. The molecule has 82 valence electrons. The second-order valence-electron chi connectivity index (χ2n) is 3.46. The third-order valence-corrected chi connectivity index (χ3v) is 3.77. The summed E-state index contributed by atoms with van der Waals surface area (Å²) in [7, 11) is -4.19. The summed E-state index contributed by atoms with van der Waals surface area (Å²) in [6.45, 7) is 0. The average Bonchev–Trinajstić information content (AvgIpc) is 2.02. The van der Waals surface area contributed by atoms with Crippen molar-refractivity contribution in [2.45, 2.75) is 30.6 Å². The van der Waals surface area contributed by atoms with Gasteiger partial charge in [0.15, 0.2) is 0 Å². The summed E-state index contributed by atoms with van der Waals surface area (Å²) in [5.41, 5.74) is 0. The molecule has 14 heavy (non-hydrogen) atoms. The average molecular weight is 224 g/mol. The predicted molar refractivity (Wildman–Crippen MR) is 46.3 cm³/mol. The van der Waals surface area contributed by atoms with E-state index < -0.39 is 33.4 Å². The Morgan fingerprint density at radius 1 is 1.29 bits per heavy atom. The molecule has 0 saturated heterocycles. The molecule has 0 spiro atoms. The summed E-state index contributed by atoms with van der Waals surface area (Å²) in [5, 5.41) is 16.9. The van der Waals surface area contributed by atoms with E-state index in [1.165, 1.54) is 0 Å². The van der Waals surface area contributed by atoms with Crippen LogP contribution in [0.25, 0.3) is 0 Å². The number of aliphatic hydroxyl groups excluding tert-OH is 1. The van der Waals surface area contributed by atoms with Gasteiger partial charge in [-0.25, -0.2) is 0 Å². The van der Waals surface area contributed by atoms with Crippen LogP contribution in [0.1, 0.15) is 19.3 Å². The fourth-order valence-corrected chi connectivity index (χ4v) is 2.54. The monoisotopic (exact) mass is 224 g/mol. The molecule has 0 aromatic heterocycles. The minimum atomic E-state index is -4.19. The van der Waals surface area contributed by atoms with Gasteiger partial charge >= 0.3 is 5.97 Å². The van der Waals surface area contributed by atoms with Gasteiger partial charge in [0.05, 0.1) is 17.3 Å². The van der Waals surface area contributed by atoms with Crippen LogP contribution in [0, 0.1) is 5.92 Å². The predicted octanol–water partition coefficient (Wildman–Crippen LogP) is -0.512. The molecule has 1 aliphatic rings. The second kappa shape index (κ2) is 3.84. The molecule has 7 heteroatoms. The Kier molecular flexibility index (Phi) is 3.13. The molecule has 6 nitrogen and oxygen atoms in total. The van der Waals surface area contributed by atoms with Crippen molar-refractivity contribution in [1.29, 1.82) is 0 Å². The van der Waals surface area contributed by atoms with Crippen LogP contribution in [0.2, 0.25) is 0 Å². The van der Waals surface area contributed by atoms with E-state index in [1.807, 2.05) is 0 Å². The number of aliphatic hydroxyl groups is 1. The summed E-state index contributed by atoms with van der Waals surface area (Å²) in [4.78, 5) is 10.6. The zero-order valence-corrected chi connectivity index (χ0v) is 8.14. The quantitative estimate of drug-likeness (QED) is 0.544. The Hall–Kier alpha value is -0.660. The highest BCUT2D eigenvalue weighted by atomic mass is 32.2. The van der Waals surface area contributed by atoms with E-state index in [0.717, 1.165) is 0 Å². The summed E-state index contributed by atoms with van der Waals surface area (Å²) in [6, 6.07) is 0. The SMILES string of the molecule is O=C(O)C1CC(S(=O)(=O)O)CCC1O. The van der Waals surface area contributed by atoms with Crippen molar-refractivity contribution in [3.05, 3.63) is 0 Å². The van der Waals surface area contributed by atoms with Crippen LogP contribution in [0.15, 0.2) is 0 Å². The molecule has 0 amide bonds. The Morgan fingerprint density at radius 2 is 1.86 bits per heavy atom. The molecule has 0 radical (unpaired) electrons. The van der Waals surface area contributed by atoms with Gasteiger partial charge in [-0.15, -0.1) is 0 Å². The topological polar surface area (TPSA) is 112 Å². The second-order valence-corrected chi connectivity index (χ2v) is 5.16. The first-order valence-electron chi connectivity index (χ1n) is 4.19. The lowest BCUT2D eigenvalue weighted by molar-refractivity contribution is -0.147. The molecule has 0 aliphatic heterocycles. The van der Waals surface area contributed by atoms with E-state index in [4.69, 9.17) is 9.66 Å². The van der Waals surface area contributed by atoms with Crippen molar-refractivity contribution in [1.82, 2.24) is 0 Å². The summed E-state index contributed by atoms with van der Waals surface area (Å²) in [6.07, 6.45) is -1.06. The number of carboxylic acid groups (broad SMARTS) is 1. The van der Waals surface area contributed by atoms with E-state index in [0.29, 0.717) is 0 Å². The lowest BCUT2D eigenvalue weighted by Crippen LogP contribution is -2.39. The molecule has 1 aliphatic carbocycles. The van der Waals surface area contributed by atoms with Gasteiger partial charge in [0, 0.05) is 0 Å². The van der Waals surface area contributed by atoms with Crippen LogP contribution >= 0.6 is 0 Å². The molecule has 3 unspecified atom stereocenters. The molecule has 1 rings (SSSR count). The van der Waals surface area contributed by atoms with E-state index in [-0.39, 0.29) is 19.3 Å². The Balaban J connectivity index is 2.77. The van der Waals surface area contributed by atoms with Crippen LogP contribution in [-0.2, 0) is 14.9 Å². The maximum Gasteiger partial charge on any atom is 0.309 e.